The monoisotopic (exact) mass is 305 g/mol. The SMILES string of the molecule is CC(=O)c1ccc(Nc2cccc(C(=O)O)c2)c2ccccc12. The second kappa shape index (κ2) is 5.93. The Balaban J connectivity index is 2.08. The van der Waals surface area contributed by atoms with E-state index in [9.17, 15) is 9.59 Å². The number of rotatable bonds is 4. The molecule has 23 heavy (non-hydrogen) atoms. The van der Waals surface area contributed by atoms with Gasteiger partial charge in [-0.2, -0.15) is 0 Å². The Morgan fingerprint density at radius 3 is 2.35 bits per heavy atom. The Kier molecular flexibility index (Phi) is 3.81. The minimum absolute atomic E-state index is 0.0145. The summed E-state index contributed by atoms with van der Waals surface area (Å²) in [6.07, 6.45) is 0. The van der Waals surface area contributed by atoms with Crippen LogP contribution in [0.25, 0.3) is 10.8 Å². The second-order valence-electron chi connectivity index (χ2n) is 5.27. The number of anilines is 2. The molecule has 0 aromatic heterocycles. The molecular formula is C19H15NO3. The predicted octanol–water partition coefficient (Wildman–Crippen LogP) is 4.48. The highest BCUT2D eigenvalue weighted by Crippen LogP contribution is 2.29. The highest BCUT2D eigenvalue weighted by atomic mass is 16.4. The van der Waals surface area contributed by atoms with Crippen molar-refractivity contribution >= 4 is 33.9 Å². The number of ketones is 1. The average Bonchev–Trinajstić information content (AvgIpc) is 2.55. The lowest BCUT2D eigenvalue weighted by Crippen LogP contribution is -1.99. The van der Waals surface area contributed by atoms with Gasteiger partial charge < -0.3 is 10.4 Å². The molecule has 3 rings (SSSR count). The Bertz CT molecular complexity index is 915. The van der Waals surface area contributed by atoms with E-state index in [-0.39, 0.29) is 11.3 Å². The zero-order valence-corrected chi connectivity index (χ0v) is 12.5. The smallest absolute Gasteiger partial charge is 0.335 e. The van der Waals surface area contributed by atoms with Gasteiger partial charge in [0, 0.05) is 22.3 Å². The van der Waals surface area contributed by atoms with Gasteiger partial charge in [0.2, 0.25) is 0 Å². The third-order valence-electron chi connectivity index (χ3n) is 3.69. The van der Waals surface area contributed by atoms with Crippen molar-refractivity contribution in [3.05, 3.63) is 71.8 Å². The molecule has 3 aromatic rings. The van der Waals surface area contributed by atoms with E-state index in [2.05, 4.69) is 5.32 Å². The molecule has 114 valence electrons. The molecule has 0 spiro atoms. The minimum Gasteiger partial charge on any atom is -0.478 e. The van der Waals surface area contributed by atoms with Gasteiger partial charge in [0.05, 0.1) is 5.56 Å². The first-order chi connectivity index (χ1) is 11.1. The fourth-order valence-corrected chi connectivity index (χ4v) is 2.60. The summed E-state index contributed by atoms with van der Waals surface area (Å²) in [7, 11) is 0. The second-order valence-corrected chi connectivity index (χ2v) is 5.27. The lowest BCUT2D eigenvalue weighted by atomic mass is 10.0. The van der Waals surface area contributed by atoms with E-state index in [1.165, 1.54) is 0 Å². The molecule has 4 heteroatoms. The molecule has 0 atom stereocenters. The maximum atomic E-state index is 11.8. The van der Waals surface area contributed by atoms with Crippen LogP contribution in [0.15, 0.2) is 60.7 Å². The first-order valence-electron chi connectivity index (χ1n) is 7.19. The van der Waals surface area contributed by atoms with Gasteiger partial charge in [-0.1, -0.05) is 30.3 Å². The third kappa shape index (κ3) is 2.92. The van der Waals surface area contributed by atoms with E-state index in [0.717, 1.165) is 16.5 Å². The minimum atomic E-state index is -0.967. The summed E-state index contributed by atoms with van der Waals surface area (Å²) < 4.78 is 0. The molecule has 0 heterocycles. The molecule has 0 saturated heterocycles. The first-order valence-corrected chi connectivity index (χ1v) is 7.19. The molecule has 2 N–H and O–H groups in total. The van der Waals surface area contributed by atoms with Crippen LogP contribution in [0.1, 0.15) is 27.6 Å². The number of carboxylic acid groups (broad SMARTS) is 1. The quantitative estimate of drug-likeness (QED) is 0.697. The summed E-state index contributed by atoms with van der Waals surface area (Å²) in [5, 5.41) is 14.1. The van der Waals surface area contributed by atoms with Crippen molar-refractivity contribution < 1.29 is 14.7 Å². The van der Waals surface area contributed by atoms with Crippen LogP contribution in [0.5, 0.6) is 0 Å². The zero-order chi connectivity index (χ0) is 16.4. The molecule has 0 unspecified atom stereocenters. The van der Waals surface area contributed by atoms with Gasteiger partial charge in [0.25, 0.3) is 0 Å². The molecule has 0 aliphatic heterocycles. The molecule has 0 aliphatic rings. The van der Waals surface area contributed by atoms with Crippen LogP contribution in [0.2, 0.25) is 0 Å². The van der Waals surface area contributed by atoms with Crippen molar-refractivity contribution in [2.45, 2.75) is 6.92 Å². The summed E-state index contributed by atoms with van der Waals surface area (Å²) >= 11 is 0. The molecule has 0 radical (unpaired) electrons. The van der Waals surface area contributed by atoms with E-state index >= 15 is 0 Å². The van der Waals surface area contributed by atoms with E-state index in [4.69, 9.17) is 5.11 Å². The number of aromatic carboxylic acids is 1. The fourth-order valence-electron chi connectivity index (χ4n) is 2.60. The highest BCUT2D eigenvalue weighted by Gasteiger charge is 2.10. The van der Waals surface area contributed by atoms with Crippen molar-refractivity contribution in [2.24, 2.45) is 0 Å². The van der Waals surface area contributed by atoms with E-state index in [1.807, 2.05) is 30.3 Å². The van der Waals surface area contributed by atoms with Crippen LogP contribution in [-0.2, 0) is 0 Å². The van der Waals surface area contributed by atoms with Crippen LogP contribution in [0, 0.1) is 0 Å². The van der Waals surface area contributed by atoms with Gasteiger partial charge >= 0.3 is 5.97 Å². The third-order valence-corrected chi connectivity index (χ3v) is 3.69. The number of carbonyl (C=O) groups is 2. The largest absolute Gasteiger partial charge is 0.478 e. The van der Waals surface area contributed by atoms with Crippen LogP contribution in [0.4, 0.5) is 11.4 Å². The van der Waals surface area contributed by atoms with Crippen molar-refractivity contribution in [1.29, 1.82) is 0 Å². The molecule has 0 aliphatic carbocycles. The number of hydrogen-bond acceptors (Lipinski definition) is 3. The molecule has 4 nitrogen and oxygen atoms in total. The topological polar surface area (TPSA) is 66.4 Å². The number of Topliss-reactive ketones (excluding diaryl/α,β-unsaturated/α-hetero) is 1. The van der Waals surface area contributed by atoms with Gasteiger partial charge in [0.1, 0.15) is 0 Å². The molecule has 3 aromatic carbocycles. The Labute approximate surface area is 133 Å². The highest BCUT2D eigenvalue weighted by molar-refractivity contribution is 6.10. The van der Waals surface area contributed by atoms with Gasteiger partial charge in [-0.05, 0) is 42.6 Å². The van der Waals surface area contributed by atoms with Crippen molar-refractivity contribution in [1.82, 2.24) is 0 Å². The van der Waals surface area contributed by atoms with Gasteiger partial charge in [-0.3, -0.25) is 4.79 Å². The summed E-state index contributed by atoms with van der Waals surface area (Å²) in [5.74, 6) is -0.953. The zero-order valence-electron chi connectivity index (χ0n) is 12.5. The van der Waals surface area contributed by atoms with E-state index < -0.39 is 5.97 Å². The molecule has 0 saturated carbocycles. The van der Waals surface area contributed by atoms with Crippen LogP contribution in [0.3, 0.4) is 0 Å². The lowest BCUT2D eigenvalue weighted by Gasteiger charge is -2.12. The Morgan fingerprint density at radius 1 is 0.913 bits per heavy atom. The van der Waals surface area contributed by atoms with E-state index in [0.29, 0.717) is 11.3 Å². The molecule has 0 bridgehead atoms. The molecule has 0 amide bonds. The maximum absolute atomic E-state index is 11.8. The van der Waals surface area contributed by atoms with Crippen LogP contribution in [-0.4, -0.2) is 16.9 Å². The van der Waals surface area contributed by atoms with Gasteiger partial charge in [-0.25, -0.2) is 4.79 Å². The Morgan fingerprint density at radius 2 is 1.65 bits per heavy atom. The van der Waals surface area contributed by atoms with Gasteiger partial charge in [-0.15, -0.1) is 0 Å². The number of carbonyl (C=O) groups excluding carboxylic acids is 1. The number of carboxylic acids is 1. The average molecular weight is 305 g/mol. The summed E-state index contributed by atoms with van der Waals surface area (Å²) in [6, 6.07) is 17.9. The summed E-state index contributed by atoms with van der Waals surface area (Å²) in [6.45, 7) is 1.55. The maximum Gasteiger partial charge on any atom is 0.335 e. The fraction of sp³-hybridized carbons (Fsp3) is 0.0526. The van der Waals surface area contributed by atoms with Crippen molar-refractivity contribution in [3.63, 3.8) is 0 Å². The van der Waals surface area contributed by atoms with E-state index in [1.54, 1.807) is 37.3 Å². The lowest BCUT2D eigenvalue weighted by molar-refractivity contribution is 0.0696. The van der Waals surface area contributed by atoms with Crippen LogP contribution < -0.4 is 5.32 Å². The predicted molar refractivity (Wildman–Crippen MR) is 90.6 cm³/mol. The molecular weight excluding hydrogens is 290 g/mol. The standard InChI is InChI=1S/C19H15NO3/c1-12(21)15-9-10-18(17-8-3-2-7-16(15)17)20-14-6-4-5-13(11-14)19(22)23/h2-11,20H,1H3,(H,22,23). The first kappa shape index (κ1) is 14.8. The van der Waals surface area contributed by atoms with Crippen molar-refractivity contribution in [3.8, 4) is 0 Å². The number of fused-ring (bicyclic) bond motifs is 1. The summed E-state index contributed by atoms with van der Waals surface area (Å²) in [4.78, 5) is 22.8. The van der Waals surface area contributed by atoms with Gasteiger partial charge in [0.15, 0.2) is 5.78 Å². The number of hydrogen-bond donors (Lipinski definition) is 2. The Hall–Kier alpha value is -3.14. The number of nitrogens with one attached hydrogen (secondary N) is 1. The van der Waals surface area contributed by atoms with Crippen LogP contribution >= 0.6 is 0 Å². The normalized spacial score (nSPS) is 10.5. The van der Waals surface area contributed by atoms with Crippen molar-refractivity contribution in [2.75, 3.05) is 5.32 Å². The summed E-state index contributed by atoms with van der Waals surface area (Å²) in [5.41, 5.74) is 2.41. The number of benzene rings is 3. The molecule has 0 fully saturated rings.